The Morgan fingerprint density at radius 1 is 1.25 bits per heavy atom. The lowest BCUT2D eigenvalue weighted by Crippen LogP contribution is -2.52. The standard InChI is InChI=1S/C16H22N2O2/c1-11-9-10-18(14-7-3-2-5-12(11)14)16(20)13-6-4-8-15(19)17-13/h4,6,8,11-12,14H,2-3,5,7,9-10H2,1H3,(H,17,19). The third kappa shape index (κ3) is 2.39. The molecule has 1 aromatic rings. The van der Waals surface area contributed by atoms with Crippen LogP contribution in [0.25, 0.3) is 0 Å². The topological polar surface area (TPSA) is 53.2 Å². The van der Waals surface area contributed by atoms with E-state index in [1.165, 1.54) is 25.3 Å². The van der Waals surface area contributed by atoms with Gasteiger partial charge < -0.3 is 9.88 Å². The van der Waals surface area contributed by atoms with Gasteiger partial charge in [0, 0.05) is 18.7 Å². The van der Waals surface area contributed by atoms with Gasteiger partial charge in [-0.25, -0.2) is 0 Å². The molecular weight excluding hydrogens is 252 g/mol. The van der Waals surface area contributed by atoms with Crippen LogP contribution < -0.4 is 5.56 Å². The summed E-state index contributed by atoms with van der Waals surface area (Å²) in [6.07, 6.45) is 5.92. The minimum Gasteiger partial charge on any atom is -0.334 e. The molecule has 0 bridgehead atoms. The van der Waals surface area contributed by atoms with Crippen molar-refractivity contribution >= 4 is 5.91 Å². The normalized spacial score (nSPS) is 29.9. The number of amides is 1. The molecular formula is C16H22N2O2. The van der Waals surface area contributed by atoms with E-state index in [-0.39, 0.29) is 11.5 Å². The van der Waals surface area contributed by atoms with Crippen molar-refractivity contribution in [1.29, 1.82) is 0 Å². The van der Waals surface area contributed by atoms with Crippen LogP contribution in [0.1, 0.15) is 49.5 Å². The summed E-state index contributed by atoms with van der Waals surface area (Å²) in [5.74, 6) is 1.34. The molecule has 3 unspecified atom stereocenters. The molecule has 0 aromatic carbocycles. The van der Waals surface area contributed by atoms with Gasteiger partial charge in [0.25, 0.3) is 5.91 Å². The maximum Gasteiger partial charge on any atom is 0.270 e. The average Bonchev–Trinajstić information content (AvgIpc) is 2.47. The number of hydrogen-bond acceptors (Lipinski definition) is 2. The molecule has 3 atom stereocenters. The number of nitrogens with zero attached hydrogens (tertiary/aromatic N) is 1. The van der Waals surface area contributed by atoms with Crippen LogP contribution in [0.4, 0.5) is 0 Å². The number of hydrogen-bond donors (Lipinski definition) is 1. The number of carbonyl (C=O) groups excluding carboxylic acids is 1. The van der Waals surface area contributed by atoms with Gasteiger partial charge in [0.15, 0.2) is 0 Å². The highest BCUT2D eigenvalue weighted by atomic mass is 16.2. The molecule has 1 amide bonds. The monoisotopic (exact) mass is 274 g/mol. The van der Waals surface area contributed by atoms with E-state index < -0.39 is 0 Å². The molecule has 108 valence electrons. The second-order valence-corrected chi connectivity index (χ2v) is 6.21. The summed E-state index contributed by atoms with van der Waals surface area (Å²) in [4.78, 5) is 28.7. The van der Waals surface area contributed by atoms with E-state index in [0.717, 1.165) is 19.4 Å². The first-order valence-corrected chi connectivity index (χ1v) is 7.67. The zero-order valence-corrected chi connectivity index (χ0v) is 12.0. The predicted molar refractivity (Wildman–Crippen MR) is 77.6 cm³/mol. The van der Waals surface area contributed by atoms with Gasteiger partial charge in [-0.1, -0.05) is 25.8 Å². The summed E-state index contributed by atoms with van der Waals surface area (Å²) in [7, 11) is 0. The Hall–Kier alpha value is -1.58. The number of nitrogens with one attached hydrogen (secondary N) is 1. The highest BCUT2D eigenvalue weighted by Gasteiger charge is 2.39. The fourth-order valence-electron chi connectivity index (χ4n) is 3.89. The summed E-state index contributed by atoms with van der Waals surface area (Å²) < 4.78 is 0. The van der Waals surface area contributed by atoms with E-state index in [2.05, 4.69) is 11.9 Å². The van der Waals surface area contributed by atoms with E-state index in [1.54, 1.807) is 12.1 Å². The molecule has 20 heavy (non-hydrogen) atoms. The van der Waals surface area contributed by atoms with Crippen LogP contribution in [0.5, 0.6) is 0 Å². The van der Waals surface area contributed by atoms with Crippen LogP contribution in [-0.4, -0.2) is 28.4 Å². The summed E-state index contributed by atoms with van der Waals surface area (Å²) in [5, 5.41) is 0. The highest BCUT2D eigenvalue weighted by molar-refractivity contribution is 5.92. The first kappa shape index (κ1) is 13.4. The van der Waals surface area contributed by atoms with Crippen LogP contribution in [0, 0.1) is 11.8 Å². The molecule has 1 aliphatic carbocycles. The number of fused-ring (bicyclic) bond motifs is 1. The fraction of sp³-hybridized carbons (Fsp3) is 0.625. The van der Waals surface area contributed by atoms with Crippen LogP contribution in [0.2, 0.25) is 0 Å². The van der Waals surface area contributed by atoms with Crippen molar-refractivity contribution in [3.63, 3.8) is 0 Å². The number of carbonyl (C=O) groups is 1. The number of pyridine rings is 1. The van der Waals surface area contributed by atoms with Gasteiger partial charge in [-0.15, -0.1) is 0 Å². The number of aromatic nitrogens is 1. The molecule has 1 N–H and O–H groups in total. The zero-order chi connectivity index (χ0) is 14.1. The van der Waals surface area contributed by atoms with E-state index in [9.17, 15) is 9.59 Å². The molecule has 4 heteroatoms. The number of H-pyrrole nitrogens is 1. The first-order chi connectivity index (χ1) is 9.66. The lowest BCUT2D eigenvalue weighted by molar-refractivity contribution is 0.0213. The maximum atomic E-state index is 12.7. The Bertz CT molecular complexity index is 551. The zero-order valence-electron chi connectivity index (χ0n) is 12.0. The molecule has 1 saturated carbocycles. The predicted octanol–water partition coefficient (Wildman–Crippen LogP) is 2.42. The van der Waals surface area contributed by atoms with Crippen molar-refractivity contribution in [3.8, 4) is 0 Å². The van der Waals surface area contributed by atoms with Crippen molar-refractivity contribution in [3.05, 3.63) is 34.2 Å². The van der Waals surface area contributed by atoms with Gasteiger partial charge in [0.1, 0.15) is 5.69 Å². The van der Waals surface area contributed by atoms with Gasteiger partial charge in [-0.2, -0.15) is 0 Å². The van der Waals surface area contributed by atoms with Crippen molar-refractivity contribution in [2.75, 3.05) is 6.54 Å². The summed E-state index contributed by atoms with van der Waals surface area (Å²) >= 11 is 0. The smallest absolute Gasteiger partial charge is 0.270 e. The van der Waals surface area contributed by atoms with Crippen molar-refractivity contribution in [2.45, 2.75) is 45.1 Å². The van der Waals surface area contributed by atoms with E-state index in [0.29, 0.717) is 23.6 Å². The minimum atomic E-state index is -0.207. The van der Waals surface area contributed by atoms with Crippen LogP contribution in [-0.2, 0) is 0 Å². The molecule has 0 spiro atoms. The second-order valence-electron chi connectivity index (χ2n) is 6.21. The van der Waals surface area contributed by atoms with Crippen molar-refractivity contribution in [2.24, 2.45) is 11.8 Å². The summed E-state index contributed by atoms with van der Waals surface area (Å²) in [5.41, 5.74) is 0.220. The quantitative estimate of drug-likeness (QED) is 0.855. The lowest BCUT2D eigenvalue weighted by Gasteiger charge is -2.47. The number of rotatable bonds is 1. The molecule has 2 heterocycles. The molecule has 2 aliphatic rings. The SMILES string of the molecule is CC1CCN(C(=O)c2cccc(=O)[nH]2)C2CCCCC12. The molecule has 1 saturated heterocycles. The number of aromatic amines is 1. The van der Waals surface area contributed by atoms with Crippen LogP contribution >= 0.6 is 0 Å². The van der Waals surface area contributed by atoms with Crippen molar-refractivity contribution < 1.29 is 4.79 Å². The molecule has 1 aromatic heterocycles. The molecule has 2 fully saturated rings. The van der Waals surface area contributed by atoms with Gasteiger partial charge in [-0.3, -0.25) is 9.59 Å². The number of piperidine rings is 1. The maximum absolute atomic E-state index is 12.7. The average molecular weight is 274 g/mol. The van der Waals surface area contributed by atoms with Crippen LogP contribution in [0.15, 0.2) is 23.0 Å². The Morgan fingerprint density at radius 3 is 2.85 bits per heavy atom. The molecule has 1 aliphatic heterocycles. The fourth-order valence-corrected chi connectivity index (χ4v) is 3.89. The Labute approximate surface area is 119 Å². The van der Waals surface area contributed by atoms with Crippen LogP contribution in [0.3, 0.4) is 0 Å². The third-order valence-electron chi connectivity index (χ3n) is 5.00. The van der Waals surface area contributed by atoms with Gasteiger partial charge in [-0.05, 0) is 37.2 Å². The second kappa shape index (κ2) is 5.43. The van der Waals surface area contributed by atoms with Crippen molar-refractivity contribution in [1.82, 2.24) is 9.88 Å². The molecule has 0 radical (unpaired) electrons. The van der Waals surface area contributed by atoms with E-state index in [1.807, 2.05) is 4.90 Å². The third-order valence-corrected chi connectivity index (χ3v) is 5.00. The first-order valence-electron chi connectivity index (χ1n) is 7.67. The Morgan fingerprint density at radius 2 is 2.05 bits per heavy atom. The van der Waals surface area contributed by atoms with Gasteiger partial charge >= 0.3 is 0 Å². The Kier molecular flexibility index (Phi) is 3.64. The highest BCUT2D eigenvalue weighted by Crippen LogP contribution is 2.39. The lowest BCUT2D eigenvalue weighted by atomic mass is 9.72. The largest absolute Gasteiger partial charge is 0.334 e. The Balaban J connectivity index is 1.85. The minimum absolute atomic E-state index is 0.00787. The molecule has 4 nitrogen and oxygen atoms in total. The van der Waals surface area contributed by atoms with E-state index in [4.69, 9.17) is 0 Å². The summed E-state index contributed by atoms with van der Waals surface area (Å²) in [6, 6.07) is 5.17. The number of likely N-dealkylation sites (tertiary alicyclic amines) is 1. The van der Waals surface area contributed by atoms with E-state index >= 15 is 0 Å². The van der Waals surface area contributed by atoms with Gasteiger partial charge in [0.2, 0.25) is 5.56 Å². The summed E-state index contributed by atoms with van der Waals surface area (Å²) in [6.45, 7) is 3.13. The van der Waals surface area contributed by atoms with Gasteiger partial charge in [0.05, 0.1) is 0 Å². The molecule has 3 rings (SSSR count).